The van der Waals surface area contributed by atoms with Gasteiger partial charge in [0.25, 0.3) is 0 Å². The summed E-state index contributed by atoms with van der Waals surface area (Å²) in [6.07, 6.45) is 3.51. The molecule has 0 spiro atoms. The maximum Gasteiger partial charge on any atom is 0.220 e. The Balaban J connectivity index is 2.46. The number of aromatic nitrogens is 1. The van der Waals surface area contributed by atoms with Gasteiger partial charge in [-0.1, -0.05) is 18.5 Å². The number of amides is 1. The third-order valence-corrected chi connectivity index (χ3v) is 3.83. The number of nitrogens with one attached hydrogen (secondary N) is 1. The van der Waals surface area contributed by atoms with Gasteiger partial charge in [-0.25, -0.2) is 0 Å². The highest BCUT2D eigenvalue weighted by atomic mass is 16.5. The average molecular weight is 281 g/mol. The summed E-state index contributed by atoms with van der Waals surface area (Å²) in [6, 6.07) is -0.0664. The maximum atomic E-state index is 12.0. The first-order chi connectivity index (χ1) is 9.49. The van der Waals surface area contributed by atoms with Crippen LogP contribution in [0.2, 0.25) is 0 Å². The van der Waals surface area contributed by atoms with Crippen LogP contribution in [0.1, 0.15) is 62.6 Å². The standard InChI is InChI=1S/C15H27N3O2/c1-5-13(8-9-16)6-7-14(19)17-10(2)15-11(3)18-20-12(15)4/h10,13H,5-9,16H2,1-4H3,(H,17,19). The van der Waals surface area contributed by atoms with Crippen LogP contribution in [0.5, 0.6) is 0 Å². The highest BCUT2D eigenvalue weighted by molar-refractivity contribution is 5.76. The summed E-state index contributed by atoms with van der Waals surface area (Å²) in [5.74, 6) is 1.39. The van der Waals surface area contributed by atoms with E-state index < -0.39 is 0 Å². The van der Waals surface area contributed by atoms with Crippen molar-refractivity contribution in [3.8, 4) is 0 Å². The second-order valence-electron chi connectivity index (χ2n) is 5.42. The van der Waals surface area contributed by atoms with Gasteiger partial charge in [-0.3, -0.25) is 4.79 Å². The molecule has 0 aliphatic rings. The van der Waals surface area contributed by atoms with E-state index in [1.54, 1.807) is 0 Å². The van der Waals surface area contributed by atoms with Crippen molar-refractivity contribution in [3.05, 3.63) is 17.0 Å². The van der Waals surface area contributed by atoms with Crippen molar-refractivity contribution in [1.29, 1.82) is 0 Å². The van der Waals surface area contributed by atoms with Gasteiger partial charge in [-0.2, -0.15) is 0 Å². The fraction of sp³-hybridized carbons (Fsp3) is 0.733. The lowest BCUT2D eigenvalue weighted by Crippen LogP contribution is -2.27. The number of aryl methyl sites for hydroxylation is 2. The molecule has 1 rings (SSSR count). The van der Waals surface area contributed by atoms with Crippen LogP contribution in [-0.2, 0) is 4.79 Å². The van der Waals surface area contributed by atoms with Gasteiger partial charge in [-0.05, 0) is 46.1 Å². The smallest absolute Gasteiger partial charge is 0.220 e. The Morgan fingerprint density at radius 2 is 2.10 bits per heavy atom. The fourth-order valence-electron chi connectivity index (χ4n) is 2.62. The zero-order chi connectivity index (χ0) is 15.1. The van der Waals surface area contributed by atoms with Crippen molar-refractivity contribution >= 4 is 5.91 Å². The summed E-state index contributed by atoms with van der Waals surface area (Å²) in [5, 5.41) is 6.93. The van der Waals surface area contributed by atoms with E-state index in [4.69, 9.17) is 10.3 Å². The number of rotatable bonds is 8. The van der Waals surface area contributed by atoms with Crippen LogP contribution in [0.4, 0.5) is 0 Å². The molecule has 0 bridgehead atoms. The molecule has 114 valence electrons. The number of nitrogens with zero attached hydrogens (tertiary/aromatic N) is 1. The molecule has 1 heterocycles. The van der Waals surface area contributed by atoms with Crippen LogP contribution >= 0.6 is 0 Å². The molecule has 5 heteroatoms. The molecular weight excluding hydrogens is 254 g/mol. The number of hydrogen-bond donors (Lipinski definition) is 2. The quantitative estimate of drug-likeness (QED) is 0.767. The number of carbonyl (C=O) groups excluding carboxylic acids is 1. The van der Waals surface area contributed by atoms with E-state index >= 15 is 0 Å². The molecule has 5 nitrogen and oxygen atoms in total. The summed E-state index contributed by atoms with van der Waals surface area (Å²) in [5.41, 5.74) is 7.39. The predicted molar refractivity (Wildman–Crippen MR) is 79.2 cm³/mol. The molecule has 0 aromatic carbocycles. The van der Waals surface area contributed by atoms with Gasteiger partial charge in [0.05, 0.1) is 11.7 Å². The highest BCUT2D eigenvalue weighted by Crippen LogP contribution is 2.21. The lowest BCUT2D eigenvalue weighted by atomic mass is 9.96. The Kier molecular flexibility index (Phi) is 6.71. The lowest BCUT2D eigenvalue weighted by Gasteiger charge is -2.16. The normalized spacial score (nSPS) is 14.1. The van der Waals surface area contributed by atoms with Crippen molar-refractivity contribution in [3.63, 3.8) is 0 Å². The van der Waals surface area contributed by atoms with E-state index in [0.717, 1.165) is 36.3 Å². The SMILES string of the molecule is CCC(CCN)CCC(=O)NC(C)c1c(C)noc1C. The molecule has 0 saturated carbocycles. The van der Waals surface area contributed by atoms with Gasteiger partial charge >= 0.3 is 0 Å². The van der Waals surface area contributed by atoms with Crippen molar-refractivity contribution in [2.45, 2.75) is 59.4 Å². The summed E-state index contributed by atoms with van der Waals surface area (Å²) < 4.78 is 5.13. The molecule has 0 fully saturated rings. The van der Waals surface area contributed by atoms with E-state index in [1.807, 2.05) is 20.8 Å². The number of hydrogen-bond acceptors (Lipinski definition) is 4. The molecule has 0 saturated heterocycles. The summed E-state index contributed by atoms with van der Waals surface area (Å²) in [6.45, 7) is 8.55. The minimum atomic E-state index is -0.0664. The zero-order valence-corrected chi connectivity index (χ0v) is 13.0. The molecule has 20 heavy (non-hydrogen) atoms. The monoisotopic (exact) mass is 281 g/mol. The largest absolute Gasteiger partial charge is 0.361 e. The van der Waals surface area contributed by atoms with Gasteiger partial charge < -0.3 is 15.6 Å². The van der Waals surface area contributed by atoms with Crippen LogP contribution in [0.15, 0.2) is 4.52 Å². The second-order valence-corrected chi connectivity index (χ2v) is 5.42. The Morgan fingerprint density at radius 3 is 2.60 bits per heavy atom. The second kappa shape index (κ2) is 8.04. The van der Waals surface area contributed by atoms with E-state index in [9.17, 15) is 4.79 Å². The summed E-state index contributed by atoms with van der Waals surface area (Å²) in [7, 11) is 0. The zero-order valence-electron chi connectivity index (χ0n) is 13.0. The van der Waals surface area contributed by atoms with Gasteiger partial charge in [0.2, 0.25) is 5.91 Å². The maximum absolute atomic E-state index is 12.0. The van der Waals surface area contributed by atoms with E-state index in [2.05, 4.69) is 17.4 Å². The minimum absolute atomic E-state index is 0.0664. The highest BCUT2D eigenvalue weighted by Gasteiger charge is 2.18. The Hall–Kier alpha value is -1.36. The van der Waals surface area contributed by atoms with Crippen molar-refractivity contribution in [2.75, 3.05) is 6.54 Å². The van der Waals surface area contributed by atoms with Crippen LogP contribution in [-0.4, -0.2) is 17.6 Å². The molecule has 0 radical (unpaired) electrons. The van der Waals surface area contributed by atoms with E-state index in [0.29, 0.717) is 18.9 Å². The van der Waals surface area contributed by atoms with Crippen molar-refractivity contribution in [2.24, 2.45) is 11.7 Å². The number of nitrogens with two attached hydrogens (primary N) is 1. The Labute approximate surface area is 121 Å². The first-order valence-corrected chi connectivity index (χ1v) is 7.41. The molecule has 1 aromatic rings. The third-order valence-electron chi connectivity index (χ3n) is 3.83. The Bertz CT molecular complexity index is 409. The van der Waals surface area contributed by atoms with Crippen LogP contribution < -0.4 is 11.1 Å². The number of carbonyl (C=O) groups is 1. The molecule has 2 atom stereocenters. The molecule has 1 amide bonds. The summed E-state index contributed by atoms with van der Waals surface area (Å²) in [4.78, 5) is 12.0. The van der Waals surface area contributed by atoms with Gasteiger partial charge in [0.1, 0.15) is 5.76 Å². The van der Waals surface area contributed by atoms with Gasteiger partial charge in [0, 0.05) is 12.0 Å². The minimum Gasteiger partial charge on any atom is -0.361 e. The molecule has 3 N–H and O–H groups in total. The molecular formula is C15H27N3O2. The average Bonchev–Trinajstić information content (AvgIpc) is 2.74. The van der Waals surface area contributed by atoms with Crippen molar-refractivity contribution < 1.29 is 9.32 Å². The Morgan fingerprint density at radius 1 is 1.40 bits per heavy atom. The molecule has 1 aromatic heterocycles. The van der Waals surface area contributed by atoms with Gasteiger partial charge in [-0.15, -0.1) is 0 Å². The topological polar surface area (TPSA) is 81.2 Å². The molecule has 0 aliphatic heterocycles. The fourth-order valence-corrected chi connectivity index (χ4v) is 2.62. The molecule has 2 unspecified atom stereocenters. The van der Waals surface area contributed by atoms with Crippen LogP contribution in [0, 0.1) is 19.8 Å². The first kappa shape index (κ1) is 16.7. The van der Waals surface area contributed by atoms with Crippen LogP contribution in [0.25, 0.3) is 0 Å². The van der Waals surface area contributed by atoms with E-state index in [-0.39, 0.29) is 11.9 Å². The molecule has 0 aliphatic carbocycles. The summed E-state index contributed by atoms with van der Waals surface area (Å²) >= 11 is 0. The third kappa shape index (κ3) is 4.63. The predicted octanol–water partition coefficient (Wildman–Crippen LogP) is 2.62. The lowest BCUT2D eigenvalue weighted by molar-refractivity contribution is -0.122. The van der Waals surface area contributed by atoms with E-state index in [1.165, 1.54) is 0 Å². The van der Waals surface area contributed by atoms with Crippen LogP contribution in [0.3, 0.4) is 0 Å². The van der Waals surface area contributed by atoms with Gasteiger partial charge in [0.15, 0.2) is 0 Å². The first-order valence-electron chi connectivity index (χ1n) is 7.41. The van der Waals surface area contributed by atoms with Crippen molar-refractivity contribution in [1.82, 2.24) is 10.5 Å².